The lowest BCUT2D eigenvalue weighted by Gasteiger charge is -2.21. The van der Waals surface area contributed by atoms with Crippen molar-refractivity contribution in [1.82, 2.24) is 10.2 Å². The van der Waals surface area contributed by atoms with Crippen LogP contribution >= 0.6 is 12.4 Å². The molecule has 3 rings (SSSR count). The first kappa shape index (κ1) is 20.5. The van der Waals surface area contributed by atoms with Gasteiger partial charge in [-0.2, -0.15) is 0 Å². The van der Waals surface area contributed by atoms with Crippen molar-refractivity contribution in [2.45, 2.75) is 31.7 Å². The largest absolute Gasteiger partial charge is 0.492 e. The number of hydrogen-bond acceptors (Lipinski definition) is 4. The van der Waals surface area contributed by atoms with E-state index in [1.807, 2.05) is 30.3 Å². The van der Waals surface area contributed by atoms with Crippen LogP contribution in [0.5, 0.6) is 5.75 Å². The van der Waals surface area contributed by atoms with Crippen molar-refractivity contribution in [3.8, 4) is 5.75 Å². The highest BCUT2D eigenvalue weighted by molar-refractivity contribution is 5.85. The minimum Gasteiger partial charge on any atom is -0.492 e. The van der Waals surface area contributed by atoms with Crippen LogP contribution in [0, 0.1) is 11.8 Å². The summed E-state index contributed by atoms with van der Waals surface area (Å²) >= 11 is 0. The van der Waals surface area contributed by atoms with Gasteiger partial charge in [-0.1, -0.05) is 24.6 Å². The zero-order valence-electron chi connectivity index (χ0n) is 14.9. The van der Waals surface area contributed by atoms with Gasteiger partial charge in [0, 0.05) is 18.9 Å². The van der Waals surface area contributed by atoms with Crippen LogP contribution in [0.2, 0.25) is 0 Å². The second-order valence-corrected chi connectivity index (χ2v) is 6.94. The Balaban J connectivity index is 0.00000243. The molecule has 3 atom stereocenters. The highest BCUT2D eigenvalue weighted by Crippen LogP contribution is 2.31. The second kappa shape index (κ2) is 9.78. The van der Waals surface area contributed by atoms with Gasteiger partial charge in [-0.3, -0.25) is 9.59 Å². The third-order valence-corrected chi connectivity index (χ3v) is 5.23. The third kappa shape index (κ3) is 5.11. The minimum atomic E-state index is -0.101. The average molecular weight is 382 g/mol. The lowest BCUT2D eigenvalue weighted by atomic mass is 9.95. The fourth-order valence-electron chi connectivity index (χ4n) is 3.85. The van der Waals surface area contributed by atoms with Crippen molar-refractivity contribution in [1.29, 1.82) is 0 Å². The molecule has 0 bridgehead atoms. The van der Waals surface area contributed by atoms with E-state index in [0.717, 1.165) is 25.0 Å². The number of carbonyl (C=O) groups is 2. The van der Waals surface area contributed by atoms with E-state index >= 15 is 0 Å². The number of ether oxygens (including phenoxy) is 1. The first-order chi connectivity index (χ1) is 12.2. The first-order valence-corrected chi connectivity index (χ1v) is 9.13. The van der Waals surface area contributed by atoms with Gasteiger partial charge in [-0.05, 0) is 37.4 Å². The Labute approximate surface area is 160 Å². The lowest BCUT2D eigenvalue weighted by molar-refractivity contribution is -0.128. The highest BCUT2D eigenvalue weighted by Gasteiger charge is 2.36. The maximum Gasteiger partial charge on any atom is 0.224 e. The van der Waals surface area contributed by atoms with Crippen molar-refractivity contribution >= 4 is 24.2 Å². The zero-order valence-corrected chi connectivity index (χ0v) is 15.7. The molecular weight excluding hydrogens is 354 g/mol. The molecule has 1 unspecified atom stereocenters. The summed E-state index contributed by atoms with van der Waals surface area (Å²) in [5.41, 5.74) is 5.76. The summed E-state index contributed by atoms with van der Waals surface area (Å²) in [5.74, 6) is 1.23. The fraction of sp³-hybridized carbons (Fsp3) is 0.579. The molecule has 1 aromatic rings. The Morgan fingerprint density at radius 2 is 2.04 bits per heavy atom. The van der Waals surface area contributed by atoms with Gasteiger partial charge < -0.3 is 20.7 Å². The summed E-state index contributed by atoms with van der Waals surface area (Å²) in [6, 6.07) is 9.45. The number of amides is 2. The van der Waals surface area contributed by atoms with Gasteiger partial charge in [0.1, 0.15) is 12.4 Å². The molecule has 1 aliphatic carbocycles. The summed E-state index contributed by atoms with van der Waals surface area (Å²) in [4.78, 5) is 26.4. The molecule has 2 amide bonds. The minimum absolute atomic E-state index is 0. The van der Waals surface area contributed by atoms with Gasteiger partial charge in [-0.25, -0.2) is 0 Å². The molecule has 144 valence electrons. The van der Waals surface area contributed by atoms with E-state index in [4.69, 9.17) is 10.5 Å². The molecule has 1 saturated carbocycles. The smallest absolute Gasteiger partial charge is 0.224 e. The van der Waals surface area contributed by atoms with Crippen LogP contribution in [0.4, 0.5) is 0 Å². The standard InChI is InChI=1S/C19H27N3O3.ClH/c20-12-14-5-4-8-17(14)19(24)21-15-11-18(23)22(13-15)9-10-25-16-6-2-1-3-7-16;/h1-3,6-7,14-15,17H,4-5,8-13,20H2,(H,21,24);1H/t14-,15?,17-;/m1./s1. The second-order valence-electron chi connectivity index (χ2n) is 6.94. The van der Waals surface area contributed by atoms with Gasteiger partial charge in [0.2, 0.25) is 11.8 Å². The van der Waals surface area contributed by atoms with Crippen molar-refractivity contribution in [3.63, 3.8) is 0 Å². The summed E-state index contributed by atoms with van der Waals surface area (Å²) < 4.78 is 5.65. The number of para-hydroxylation sites is 1. The highest BCUT2D eigenvalue weighted by atomic mass is 35.5. The van der Waals surface area contributed by atoms with Crippen LogP contribution in [0.3, 0.4) is 0 Å². The topological polar surface area (TPSA) is 84.7 Å². The molecule has 1 heterocycles. The predicted molar refractivity (Wildman–Crippen MR) is 102 cm³/mol. The fourth-order valence-corrected chi connectivity index (χ4v) is 3.85. The number of carbonyl (C=O) groups excluding carboxylic acids is 2. The molecule has 0 aromatic heterocycles. The Morgan fingerprint density at radius 1 is 1.27 bits per heavy atom. The lowest BCUT2D eigenvalue weighted by Crippen LogP contribution is -2.42. The number of benzene rings is 1. The normalized spacial score (nSPS) is 25.0. The number of hydrogen-bond donors (Lipinski definition) is 2. The monoisotopic (exact) mass is 381 g/mol. The number of nitrogens with two attached hydrogens (primary N) is 1. The number of nitrogens with one attached hydrogen (secondary N) is 1. The van der Waals surface area contributed by atoms with Crippen molar-refractivity contribution in [2.75, 3.05) is 26.2 Å². The molecule has 26 heavy (non-hydrogen) atoms. The molecule has 2 fully saturated rings. The molecule has 0 radical (unpaired) electrons. The van der Waals surface area contributed by atoms with Crippen LogP contribution in [-0.4, -0.2) is 49.0 Å². The van der Waals surface area contributed by atoms with E-state index in [0.29, 0.717) is 32.7 Å². The Hall–Kier alpha value is -1.79. The molecule has 3 N–H and O–H groups in total. The van der Waals surface area contributed by atoms with Crippen LogP contribution < -0.4 is 15.8 Å². The van der Waals surface area contributed by atoms with Gasteiger partial charge in [0.25, 0.3) is 0 Å². The molecule has 1 saturated heterocycles. The number of rotatable bonds is 7. The van der Waals surface area contributed by atoms with Crippen LogP contribution in [-0.2, 0) is 9.59 Å². The molecule has 7 heteroatoms. The molecule has 0 spiro atoms. The number of halogens is 1. The summed E-state index contributed by atoms with van der Waals surface area (Å²) in [5, 5.41) is 3.06. The zero-order chi connectivity index (χ0) is 17.6. The Bertz CT molecular complexity index is 599. The van der Waals surface area contributed by atoms with E-state index in [9.17, 15) is 9.59 Å². The SMILES string of the molecule is Cl.NC[C@H]1CCC[C@H]1C(=O)NC1CC(=O)N(CCOc2ccccc2)C1. The molecule has 1 aromatic carbocycles. The summed E-state index contributed by atoms with van der Waals surface area (Å²) in [7, 11) is 0. The van der Waals surface area contributed by atoms with E-state index in [-0.39, 0.29) is 42.1 Å². The van der Waals surface area contributed by atoms with E-state index < -0.39 is 0 Å². The third-order valence-electron chi connectivity index (χ3n) is 5.23. The van der Waals surface area contributed by atoms with E-state index in [1.165, 1.54) is 0 Å². The predicted octanol–water partition coefficient (Wildman–Crippen LogP) is 1.58. The molecule has 2 aliphatic rings. The van der Waals surface area contributed by atoms with Crippen molar-refractivity contribution < 1.29 is 14.3 Å². The Kier molecular flexibility index (Phi) is 7.72. The summed E-state index contributed by atoms with van der Waals surface area (Å²) in [6.07, 6.45) is 3.37. The maximum atomic E-state index is 12.5. The van der Waals surface area contributed by atoms with Crippen LogP contribution in [0.25, 0.3) is 0 Å². The molecule has 6 nitrogen and oxygen atoms in total. The average Bonchev–Trinajstić information content (AvgIpc) is 3.22. The molecule has 1 aliphatic heterocycles. The van der Waals surface area contributed by atoms with Gasteiger partial charge in [0.15, 0.2) is 0 Å². The van der Waals surface area contributed by atoms with Gasteiger partial charge >= 0.3 is 0 Å². The van der Waals surface area contributed by atoms with Crippen LogP contribution in [0.1, 0.15) is 25.7 Å². The van der Waals surface area contributed by atoms with Crippen molar-refractivity contribution in [3.05, 3.63) is 30.3 Å². The summed E-state index contributed by atoms with van der Waals surface area (Å²) in [6.45, 7) is 2.11. The van der Waals surface area contributed by atoms with E-state index in [1.54, 1.807) is 4.90 Å². The van der Waals surface area contributed by atoms with Crippen molar-refractivity contribution in [2.24, 2.45) is 17.6 Å². The Morgan fingerprint density at radius 3 is 2.77 bits per heavy atom. The molecular formula is C19H28ClN3O3. The van der Waals surface area contributed by atoms with E-state index in [2.05, 4.69) is 5.32 Å². The quantitative estimate of drug-likeness (QED) is 0.751. The maximum absolute atomic E-state index is 12.5. The van der Waals surface area contributed by atoms with Crippen LogP contribution in [0.15, 0.2) is 30.3 Å². The first-order valence-electron chi connectivity index (χ1n) is 9.13. The van der Waals surface area contributed by atoms with Gasteiger partial charge in [0.05, 0.1) is 12.6 Å². The number of likely N-dealkylation sites (tertiary alicyclic amines) is 1. The van der Waals surface area contributed by atoms with Gasteiger partial charge in [-0.15, -0.1) is 12.4 Å². The number of nitrogens with zero attached hydrogens (tertiary/aromatic N) is 1.